The van der Waals surface area contributed by atoms with Gasteiger partial charge in [0.05, 0.1) is 6.21 Å². The summed E-state index contributed by atoms with van der Waals surface area (Å²) in [5, 5.41) is 21.7. The molecule has 2 amide bonds. The van der Waals surface area contributed by atoms with Crippen molar-refractivity contribution in [3.8, 4) is 0 Å². The molecule has 0 aliphatic rings. The molecule has 2 aromatic rings. The molecule has 0 saturated heterocycles. The Labute approximate surface area is 166 Å². The number of rotatable bonds is 11. The first-order chi connectivity index (χ1) is 13.5. The number of hydroxylamine groups is 1. The fourth-order valence-electron chi connectivity index (χ4n) is 2.23. The molecule has 11 heteroatoms. The normalized spacial score (nSPS) is 11.1. The highest BCUT2D eigenvalue weighted by atomic mass is 32.2. The Hall–Kier alpha value is -2.66. The molecule has 0 radical (unpaired) electrons. The number of aromatic nitrogens is 3. The van der Waals surface area contributed by atoms with Crippen LogP contribution in [0.25, 0.3) is 0 Å². The minimum absolute atomic E-state index is 0.180. The van der Waals surface area contributed by atoms with Gasteiger partial charge < -0.3 is 8.98 Å². The molecule has 28 heavy (non-hydrogen) atoms. The largest absolute Gasteiger partial charge is 0.448 e. The molecular formula is C17H24N6O4S. The maximum Gasteiger partial charge on any atom is 0.243 e. The van der Waals surface area contributed by atoms with Gasteiger partial charge in [-0.3, -0.25) is 14.8 Å². The number of hydrogen-bond acceptors (Lipinski definition) is 8. The molecule has 2 aromatic heterocycles. The van der Waals surface area contributed by atoms with Crippen LogP contribution in [0.5, 0.6) is 0 Å². The minimum Gasteiger partial charge on any atom is -0.448 e. The van der Waals surface area contributed by atoms with E-state index in [1.807, 2.05) is 18.5 Å². The molecule has 0 bridgehead atoms. The van der Waals surface area contributed by atoms with Crippen molar-refractivity contribution < 1.29 is 19.2 Å². The van der Waals surface area contributed by atoms with Crippen LogP contribution in [0, 0.1) is 6.92 Å². The lowest BCUT2D eigenvalue weighted by Crippen LogP contribution is -2.18. The van der Waals surface area contributed by atoms with Crippen molar-refractivity contribution in [3.63, 3.8) is 0 Å². The molecule has 0 atom stereocenters. The van der Waals surface area contributed by atoms with E-state index >= 15 is 0 Å². The zero-order valence-corrected chi connectivity index (χ0v) is 16.7. The van der Waals surface area contributed by atoms with Crippen LogP contribution in [-0.2, 0) is 16.6 Å². The van der Waals surface area contributed by atoms with Crippen molar-refractivity contribution in [1.29, 1.82) is 0 Å². The SMILES string of the molecule is Cc1nnc(Sc2ccc(/C=N/NC(=O)CCCCCCC(=O)NO)o2)n1C. The summed E-state index contributed by atoms with van der Waals surface area (Å²) in [7, 11) is 1.88. The first kappa shape index (κ1) is 21.6. The predicted octanol–water partition coefficient (Wildman–Crippen LogP) is 2.16. The highest BCUT2D eigenvalue weighted by Crippen LogP contribution is 2.27. The maximum atomic E-state index is 11.7. The van der Waals surface area contributed by atoms with E-state index in [1.54, 1.807) is 17.6 Å². The Kier molecular flexibility index (Phi) is 8.69. The second-order valence-electron chi connectivity index (χ2n) is 6.09. The third-order valence-electron chi connectivity index (χ3n) is 3.91. The van der Waals surface area contributed by atoms with Crippen LogP contribution in [0.4, 0.5) is 0 Å². The van der Waals surface area contributed by atoms with Crippen molar-refractivity contribution in [2.45, 2.75) is 55.7 Å². The number of hydrogen-bond donors (Lipinski definition) is 3. The molecule has 10 nitrogen and oxygen atoms in total. The Balaban J connectivity index is 1.64. The van der Waals surface area contributed by atoms with E-state index in [2.05, 4.69) is 20.7 Å². The monoisotopic (exact) mass is 408 g/mol. The van der Waals surface area contributed by atoms with E-state index < -0.39 is 5.91 Å². The van der Waals surface area contributed by atoms with Gasteiger partial charge in [-0.05, 0) is 43.7 Å². The number of carbonyl (C=O) groups is 2. The Morgan fingerprint density at radius 1 is 1.21 bits per heavy atom. The average molecular weight is 408 g/mol. The van der Waals surface area contributed by atoms with Gasteiger partial charge in [0.15, 0.2) is 10.2 Å². The van der Waals surface area contributed by atoms with Crippen LogP contribution in [0.2, 0.25) is 0 Å². The molecule has 3 N–H and O–H groups in total. The molecule has 2 rings (SSSR count). The molecule has 0 aliphatic heterocycles. The predicted molar refractivity (Wildman–Crippen MR) is 102 cm³/mol. The van der Waals surface area contributed by atoms with Gasteiger partial charge in [0.25, 0.3) is 0 Å². The summed E-state index contributed by atoms with van der Waals surface area (Å²) >= 11 is 1.35. The van der Waals surface area contributed by atoms with Crippen LogP contribution in [0.3, 0.4) is 0 Å². The molecule has 0 saturated carbocycles. The van der Waals surface area contributed by atoms with Gasteiger partial charge in [-0.15, -0.1) is 10.2 Å². The minimum atomic E-state index is -0.390. The van der Waals surface area contributed by atoms with Gasteiger partial charge in [0.2, 0.25) is 11.8 Å². The number of amides is 2. The van der Waals surface area contributed by atoms with Gasteiger partial charge in [-0.25, -0.2) is 10.9 Å². The lowest BCUT2D eigenvalue weighted by molar-refractivity contribution is -0.129. The standard InChI is InChI=1S/C17H24N6O4S/c1-12-19-21-17(23(12)2)28-16-10-9-13(27-16)11-18-20-14(24)7-5-3-4-6-8-15(25)22-26/h9-11,26H,3-8H2,1-2H3,(H,20,24)(H,22,25)/b18-11+. The number of hydrazone groups is 1. The molecule has 0 fully saturated rings. The molecule has 152 valence electrons. The lowest BCUT2D eigenvalue weighted by atomic mass is 10.1. The lowest BCUT2D eigenvalue weighted by Gasteiger charge is -2.01. The zero-order chi connectivity index (χ0) is 20.4. The Morgan fingerprint density at radius 3 is 2.57 bits per heavy atom. The number of unbranched alkanes of at least 4 members (excludes halogenated alkanes) is 3. The van der Waals surface area contributed by atoms with Crippen molar-refractivity contribution in [1.82, 2.24) is 25.7 Å². The van der Waals surface area contributed by atoms with E-state index in [1.165, 1.54) is 18.0 Å². The number of carbonyl (C=O) groups excluding carboxylic acids is 2. The van der Waals surface area contributed by atoms with Crippen LogP contribution < -0.4 is 10.9 Å². The fraction of sp³-hybridized carbons (Fsp3) is 0.471. The van der Waals surface area contributed by atoms with Crippen LogP contribution in [0.15, 0.2) is 31.9 Å². The second kappa shape index (κ2) is 11.2. The summed E-state index contributed by atoms with van der Waals surface area (Å²) in [5.41, 5.74) is 4.05. The number of nitrogens with zero attached hydrogens (tertiary/aromatic N) is 4. The highest BCUT2D eigenvalue weighted by molar-refractivity contribution is 7.99. The molecule has 0 spiro atoms. The van der Waals surface area contributed by atoms with Crippen molar-refractivity contribution >= 4 is 29.8 Å². The van der Waals surface area contributed by atoms with E-state index in [4.69, 9.17) is 9.62 Å². The van der Waals surface area contributed by atoms with Crippen molar-refractivity contribution in [2.75, 3.05) is 0 Å². The fourth-order valence-corrected chi connectivity index (χ4v) is 3.03. The maximum absolute atomic E-state index is 11.7. The third-order valence-corrected chi connectivity index (χ3v) is 4.87. The summed E-state index contributed by atoms with van der Waals surface area (Å²) in [5.74, 6) is 0.761. The Bertz CT molecular complexity index is 816. The molecule has 0 aliphatic carbocycles. The van der Waals surface area contributed by atoms with E-state index in [9.17, 15) is 9.59 Å². The topological polar surface area (TPSA) is 135 Å². The first-order valence-electron chi connectivity index (χ1n) is 8.88. The van der Waals surface area contributed by atoms with E-state index in [-0.39, 0.29) is 12.3 Å². The highest BCUT2D eigenvalue weighted by Gasteiger charge is 2.10. The number of nitrogens with one attached hydrogen (secondary N) is 2. The van der Waals surface area contributed by atoms with Gasteiger partial charge in [-0.2, -0.15) is 5.10 Å². The molecule has 2 heterocycles. The van der Waals surface area contributed by atoms with Crippen molar-refractivity contribution in [3.05, 3.63) is 23.7 Å². The van der Waals surface area contributed by atoms with Crippen LogP contribution >= 0.6 is 11.8 Å². The van der Waals surface area contributed by atoms with Crippen LogP contribution in [-0.4, -0.2) is 38.0 Å². The smallest absolute Gasteiger partial charge is 0.243 e. The number of furan rings is 1. The van der Waals surface area contributed by atoms with Gasteiger partial charge >= 0.3 is 0 Å². The first-order valence-corrected chi connectivity index (χ1v) is 9.69. The van der Waals surface area contributed by atoms with Crippen LogP contribution in [0.1, 0.15) is 50.1 Å². The zero-order valence-electron chi connectivity index (χ0n) is 15.8. The van der Waals surface area contributed by atoms with Gasteiger partial charge in [0, 0.05) is 19.9 Å². The summed E-state index contributed by atoms with van der Waals surface area (Å²) in [6.07, 6.45) is 5.12. The summed E-state index contributed by atoms with van der Waals surface area (Å²) < 4.78 is 7.48. The third kappa shape index (κ3) is 7.16. The quantitative estimate of drug-likeness (QED) is 0.224. The summed E-state index contributed by atoms with van der Waals surface area (Å²) in [4.78, 5) is 22.6. The summed E-state index contributed by atoms with van der Waals surface area (Å²) in [6, 6.07) is 3.55. The van der Waals surface area contributed by atoms with Gasteiger partial charge in [0.1, 0.15) is 11.6 Å². The summed E-state index contributed by atoms with van der Waals surface area (Å²) in [6.45, 7) is 1.87. The van der Waals surface area contributed by atoms with E-state index in [0.29, 0.717) is 30.1 Å². The van der Waals surface area contributed by atoms with Crippen molar-refractivity contribution in [2.24, 2.45) is 12.1 Å². The van der Waals surface area contributed by atoms with E-state index in [0.717, 1.165) is 23.8 Å². The number of aryl methyl sites for hydroxylation is 1. The average Bonchev–Trinajstić information content (AvgIpc) is 3.26. The Morgan fingerprint density at radius 2 is 1.93 bits per heavy atom. The molecule has 0 unspecified atom stereocenters. The molecular weight excluding hydrogens is 384 g/mol. The molecule has 0 aromatic carbocycles. The second-order valence-corrected chi connectivity index (χ2v) is 7.06. The van der Waals surface area contributed by atoms with Gasteiger partial charge in [-0.1, -0.05) is 12.8 Å².